The van der Waals surface area contributed by atoms with Gasteiger partial charge in [0.2, 0.25) is 10.0 Å². The van der Waals surface area contributed by atoms with Crippen LogP contribution in [0.1, 0.15) is 45.6 Å². The number of nitrogen functional groups attached to an aromatic ring is 1. The molecule has 1 amide bonds. The lowest BCUT2D eigenvalue weighted by atomic mass is 10.0. The van der Waals surface area contributed by atoms with Crippen LogP contribution in [-0.4, -0.2) is 111 Å². The van der Waals surface area contributed by atoms with Crippen molar-refractivity contribution in [3.63, 3.8) is 0 Å². The summed E-state index contributed by atoms with van der Waals surface area (Å²) >= 11 is 0. The quantitative estimate of drug-likeness (QED) is 0.141. The molecule has 0 radical (unpaired) electrons. The van der Waals surface area contributed by atoms with Crippen LogP contribution in [0.15, 0.2) is 59.5 Å². The van der Waals surface area contributed by atoms with E-state index in [1.54, 1.807) is 6.92 Å². The lowest BCUT2D eigenvalue weighted by Crippen LogP contribution is -2.53. The molecule has 4 rings (SSSR count). The molecule has 0 aliphatic carbocycles. The summed E-state index contributed by atoms with van der Waals surface area (Å²) in [7, 11) is -4.05. The van der Waals surface area contributed by atoms with Gasteiger partial charge in [0, 0.05) is 45.1 Å². The predicted octanol–water partition coefficient (Wildman–Crippen LogP) is 3.51. The first-order valence-corrected chi connectivity index (χ1v) is 18.0. The monoisotopic (exact) mass is 711 g/mol. The SMILES string of the molecule is CC(C)CN(CC(OC(=O)O)C(Cc1ccccc1)NC(=O)OC1CCOC1)S(=O)(=O)c1ccc(N)cc1.CCO.OCC[C@@H]1CCOC1. The second-order valence-electron chi connectivity index (χ2n) is 12.1. The van der Waals surface area contributed by atoms with Crippen molar-refractivity contribution in [1.82, 2.24) is 9.62 Å². The van der Waals surface area contributed by atoms with Crippen LogP contribution in [0.25, 0.3) is 0 Å². The lowest BCUT2D eigenvalue weighted by Gasteiger charge is -2.32. The molecule has 2 saturated heterocycles. The van der Waals surface area contributed by atoms with Crippen LogP contribution in [0.3, 0.4) is 0 Å². The molecule has 2 aromatic carbocycles. The number of nitrogens with zero attached hydrogens (tertiary/aromatic N) is 1. The summed E-state index contributed by atoms with van der Waals surface area (Å²) in [5, 5.41) is 28.3. The summed E-state index contributed by atoms with van der Waals surface area (Å²) in [4.78, 5) is 24.5. The molecule has 0 aromatic heterocycles. The van der Waals surface area contributed by atoms with Gasteiger partial charge in [-0.25, -0.2) is 18.0 Å². The Morgan fingerprint density at radius 1 is 1.00 bits per heavy atom. The van der Waals surface area contributed by atoms with E-state index >= 15 is 0 Å². The molecule has 4 atom stereocenters. The second kappa shape index (κ2) is 22.3. The van der Waals surface area contributed by atoms with Crippen molar-refractivity contribution in [1.29, 1.82) is 0 Å². The van der Waals surface area contributed by atoms with Crippen molar-refractivity contribution in [2.45, 2.75) is 69.6 Å². The van der Waals surface area contributed by atoms with Gasteiger partial charge in [0.1, 0.15) is 12.2 Å². The Balaban J connectivity index is 0.000000646. The maximum Gasteiger partial charge on any atom is 0.506 e. The zero-order valence-corrected chi connectivity index (χ0v) is 29.4. The van der Waals surface area contributed by atoms with Gasteiger partial charge in [-0.05, 0) is 67.9 Å². The minimum atomic E-state index is -4.05. The van der Waals surface area contributed by atoms with Crippen molar-refractivity contribution in [3.8, 4) is 0 Å². The molecule has 2 aliphatic heterocycles. The van der Waals surface area contributed by atoms with Crippen LogP contribution in [0.4, 0.5) is 15.3 Å². The van der Waals surface area contributed by atoms with Gasteiger partial charge in [-0.3, -0.25) is 0 Å². The number of aliphatic hydroxyl groups excluding tert-OH is 2. The van der Waals surface area contributed by atoms with Crippen LogP contribution in [-0.2, 0) is 35.4 Å². The van der Waals surface area contributed by atoms with E-state index in [4.69, 9.17) is 34.9 Å². The van der Waals surface area contributed by atoms with E-state index in [0.717, 1.165) is 31.6 Å². The van der Waals surface area contributed by atoms with Gasteiger partial charge in [0.25, 0.3) is 0 Å². The number of alkyl carbamates (subject to hydrolysis) is 1. The summed E-state index contributed by atoms with van der Waals surface area (Å²) < 4.78 is 49.3. The van der Waals surface area contributed by atoms with E-state index in [1.807, 2.05) is 44.2 Å². The Morgan fingerprint density at radius 2 is 1.63 bits per heavy atom. The third-order valence-electron chi connectivity index (χ3n) is 7.50. The first-order valence-electron chi connectivity index (χ1n) is 16.5. The van der Waals surface area contributed by atoms with Gasteiger partial charge in [-0.2, -0.15) is 4.31 Å². The van der Waals surface area contributed by atoms with Gasteiger partial charge in [0.05, 0.1) is 30.7 Å². The number of sulfonamides is 1. The van der Waals surface area contributed by atoms with E-state index in [0.29, 0.717) is 31.2 Å². The topological polar surface area (TPSA) is 207 Å². The summed E-state index contributed by atoms with van der Waals surface area (Å²) in [6.07, 6.45) is -1.25. The van der Waals surface area contributed by atoms with Crippen LogP contribution < -0.4 is 11.1 Å². The molecular weight excluding hydrogens is 658 g/mol. The van der Waals surface area contributed by atoms with Crippen molar-refractivity contribution in [3.05, 3.63) is 60.2 Å². The highest BCUT2D eigenvalue weighted by molar-refractivity contribution is 7.89. The zero-order chi connectivity index (χ0) is 36.2. The Morgan fingerprint density at radius 3 is 2.16 bits per heavy atom. The normalized spacial score (nSPS) is 18.4. The average Bonchev–Trinajstić information content (AvgIpc) is 3.76. The number of amides is 1. The molecule has 3 unspecified atom stereocenters. The Bertz CT molecular complexity index is 1320. The number of hydrogen-bond donors (Lipinski definition) is 5. The number of carbonyl (C=O) groups excluding carboxylic acids is 1. The minimum Gasteiger partial charge on any atom is -0.450 e. The first-order chi connectivity index (χ1) is 23.4. The Labute approximate surface area is 289 Å². The van der Waals surface area contributed by atoms with Crippen LogP contribution in [0.2, 0.25) is 0 Å². The number of rotatable bonds is 14. The summed E-state index contributed by atoms with van der Waals surface area (Å²) in [6, 6.07) is 13.9. The van der Waals surface area contributed by atoms with Crippen molar-refractivity contribution in [2.24, 2.45) is 11.8 Å². The van der Waals surface area contributed by atoms with Gasteiger partial charge in [-0.15, -0.1) is 0 Å². The molecule has 6 N–H and O–H groups in total. The van der Waals surface area contributed by atoms with E-state index < -0.39 is 40.5 Å². The third kappa shape index (κ3) is 15.7. The van der Waals surface area contributed by atoms with Crippen LogP contribution >= 0.6 is 0 Å². The fraction of sp³-hybridized carbons (Fsp3) is 0.588. The van der Waals surface area contributed by atoms with Crippen LogP contribution in [0.5, 0.6) is 0 Å². The number of carboxylic acid groups (broad SMARTS) is 1. The lowest BCUT2D eigenvalue weighted by molar-refractivity contribution is 0.0209. The van der Waals surface area contributed by atoms with E-state index in [9.17, 15) is 23.1 Å². The minimum absolute atomic E-state index is 0.00892. The number of ether oxygens (including phenoxy) is 4. The van der Waals surface area contributed by atoms with Gasteiger partial charge >= 0.3 is 12.2 Å². The molecule has 14 nitrogen and oxygen atoms in total. The summed E-state index contributed by atoms with van der Waals surface area (Å²) in [6.45, 7) is 8.20. The van der Waals surface area contributed by atoms with Gasteiger partial charge in [0.15, 0.2) is 0 Å². The van der Waals surface area contributed by atoms with Crippen molar-refractivity contribution >= 4 is 28.0 Å². The number of hydrogen-bond acceptors (Lipinski definition) is 11. The second-order valence-corrected chi connectivity index (χ2v) is 14.0. The molecule has 276 valence electrons. The van der Waals surface area contributed by atoms with Crippen molar-refractivity contribution in [2.75, 3.05) is 58.5 Å². The Hall–Kier alpha value is -3.47. The highest BCUT2D eigenvalue weighted by Gasteiger charge is 2.35. The van der Waals surface area contributed by atoms with Crippen LogP contribution in [0, 0.1) is 11.8 Å². The first kappa shape index (κ1) is 41.7. The van der Waals surface area contributed by atoms with E-state index in [1.165, 1.54) is 28.6 Å². The molecule has 2 heterocycles. The molecule has 0 spiro atoms. The zero-order valence-electron chi connectivity index (χ0n) is 28.6. The maximum atomic E-state index is 13.6. The number of nitrogens with one attached hydrogen (secondary N) is 1. The maximum absolute atomic E-state index is 13.6. The summed E-state index contributed by atoms with van der Waals surface area (Å²) in [5.74, 6) is 0.553. The third-order valence-corrected chi connectivity index (χ3v) is 9.34. The smallest absolute Gasteiger partial charge is 0.450 e. The molecule has 15 heteroatoms. The number of anilines is 1. The molecule has 0 saturated carbocycles. The number of aliphatic hydroxyl groups is 2. The fourth-order valence-corrected chi connectivity index (χ4v) is 6.74. The van der Waals surface area contributed by atoms with Gasteiger partial charge in [-0.1, -0.05) is 44.2 Å². The number of nitrogens with two attached hydrogens (primary N) is 1. The molecule has 49 heavy (non-hydrogen) atoms. The average molecular weight is 712 g/mol. The number of benzene rings is 2. The molecule has 0 bridgehead atoms. The molecule has 2 aromatic rings. The highest BCUT2D eigenvalue weighted by Crippen LogP contribution is 2.22. The fourth-order valence-electron chi connectivity index (χ4n) is 5.12. The van der Waals surface area contributed by atoms with Crippen molar-refractivity contribution < 1.29 is 52.3 Å². The Kier molecular flexibility index (Phi) is 19.0. The largest absolute Gasteiger partial charge is 0.506 e. The highest BCUT2D eigenvalue weighted by atomic mass is 32.2. The van der Waals surface area contributed by atoms with E-state index in [2.05, 4.69) is 5.32 Å². The van der Waals surface area contributed by atoms with Gasteiger partial charge < -0.3 is 45.3 Å². The van der Waals surface area contributed by atoms with E-state index in [-0.39, 0.29) is 43.5 Å². The number of carbonyl (C=O) groups is 2. The molecular formula is C34H53N3O11S. The molecule has 2 fully saturated rings. The molecule has 2 aliphatic rings. The standard InChI is InChI=1S/C26H35N3O8S.C6H12O2.C2H6O/c1-18(2)15-29(38(33,34)22-10-8-20(27)9-11-22)16-24(37-26(31)32)23(14-19-6-4-3-5-7-19)28-25(30)36-21-12-13-35-17-21;7-3-1-6-2-4-8-5-6;1-2-3/h3-11,18,21,23-24H,12-17,27H2,1-2H3,(H,28,30)(H,31,32);6-7H,1-5H2;3H,2H2,1H3/t;6-;/m.1./s1. The predicted molar refractivity (Wildman–Crippen MR) is 184 cm³/mol. The summed E-state index contributed by atoms with van der Waals surface area (Å²) in [5.41, 5.74) is 6.92.